The van der Waals surface area contributed by atoms with E-state index in [2.05, 4.69) is 5.32 Å². The number of rotatable bonds is 1. The van der Waals surface area contributed by atoms with Gasteiger partial charge in [-0.3, -0.25) is 9.36 Å². The number of oxazole rings is 1. The number of benzene rings is 1. The summed E-state index contributed by atoms with van der Waals surface area (Å²) >= 11 is 0. The number of amides is 1. The highest BCUT2D eigenvalue weighted by atomic mass is 16.4. The van der Waals surface area contributed by atoms with Gasteiger partial charge in [-0.2, -0.15) is 0 Å². The second-order valence-corrected chi connectivity index (χ2v) is 4.31. The zero-order chi connectivity index (χ0) is 12.0. The average molecular weight is 232 g/mol. The third-order valence-electron chi connectivity index (χ3n) is 3.21. The van der Waals surface area contributed by atoms with Crippen molar-refractivity contribution in [1.82, 2.24) is 9.88 Å². The summed E-state index contributed by atoms with van der Waals surface area (Å²) in [5.74, 6) is -0.294. The minimum atomic E-state index is -0.368. The van der Waals surface area contributed by atoms with Crippen LogP contribution in [0, 0.1) is 0 Å². The molecule has 1 aliphatic heterocycles. The average Bonchev–Trinajstić information content (AvgIpc) is 2.85. The fourth-order valence-corrected chi connectivity index (χ4v) is 2.23. The molecule has 1 aromatic carbocycles. The standard InChI is InChI=1S/C12H12N2O3/c1-14-9-4-2-7(6-10(9)17-12(14)16)8-3-5-11(15)13-8/h2,4,6,8H,3,5H2,1H3,(H,13,15)/t8-/m0/s1. The van der Waals surface area contributed by atoms with E-state index in [1.807, 2.05) is 18.2 Å². The summed E-state index contributed by atoms with van der Waals surface area (Å²) in [4.78, 5) is 22.5. The van der Waals surface area contributed by atoms with Crippen LogP contribution >= 0.6 is 0 Å². The van der Waals surface area contributed by atoms with E-state index in [0.717, 1.165) is 17.5 Å². The van der Waals surface area contributed by atoms with Crippen LogP contribution in [-0.4, -0.2) is 10.5 Å². The number of hydrogen-bond donors (Lipinski definition) is 1. The van der Waals surface area contributed by atoms with Crippen molar-refractivity contribution in [2.45, 2.75) is 18.9 Å². The number of carbonyl (C=O) groups is 1. The minimum absolute atomic E-state index is 0.0393. The summed E-state index contributed by atoms with van der Waals surface area (Å²) in [5.41, 5.74) is 2.32. The molecule has 2 aromatic rings. The molecule has 1 amide bonds. The molecule has 3 rings (SSSR count). The Bertz CT molecular complexity index is 653. The molecule has 1 fully saturated rings. The number of aromatic nitrogens is 1. The van der Waals surface area contributed by atoms with Crippen molar-refractivity contribution in [3.8, 4) is 0 Å². The summed E-state index contributed by atoms with van der Waals surface area (Å²) in [7, 11) is 1.67. The molecule has 1 atom stereocenters. The van der Waals surface area contributed by atoms with Gasteiger partial charge >= 0.3 is 5.76 Å². The maximum atomic E-state index is 11.3. The van der Waals surface area contributed by atoms with Crippen molar-refractivity contribution in [2.75, 3.05) is 0 Å². The third kappa shape index (κ3) is 1.54. The van der Waals surface area contributed by atoms with Crippen molar-refractivity contribution < 1.29 is 9.21 Å². The van der Waals surface area contributed by atoms with Gasteiger partial charge in [0.05, 0.1) is 11.6 Å². The van der Waals surface area contributed by atoms with E-state index in [0.29, 0.717) is 12.0 Å². The summed E-state index contributed by atoms with van der Waals surface area (Å²) in [6, 6.07) is 5.64. The zero-order valence-corrected chi connectivity index (χ0v) is 9.40. The lowest BCUT2D eigenvalue weighted by Gasteiger charge is -2.09. The first-order chi connectivity index (χ1) is 8.15. The van der Waals surface area contributed by atoms with Crippen LogP contribution in [0.15, 0.2) is 27.4 Å². The first-order valence-corrected chi connectivity index (χ1v) is 5.54. The molecule has 88 valence electrons. The maximum absolute atomic E-state index is 11.3. The van der Waals surface area contributed by atoms with Crippen molar-refractivity contribution >= 4 is 17.0 Å². The van der Waals surface area contributed by atoms with Gasteiger partial charge in [-0.15, -0.1) is 0 Å². The van der Waals surface area contributed by atoms with Crippen LogP contribution in [-0.2, 0) is 11.8 Å². The lowest BCUT2D eigenvalue weighted by molar-refractivity contribution is -0.119. The predicted molar refractivity (Wildman–Crippen MR) is 61.6 cm³/mol. The Morgan fingerprint density at radius 3 is 2.94 bits per heavy atom. The number of carbonyl (C=O) groups excluding carboxylic acids is 1. The quantitative estimate of drug-likeness (QED) is 0.800. The molecule has 0 bridgehead atoms. The van der Waals surface area contributed by atoms with Gasteiger partial charge in [0, 0.05) is 13.5 Å². The van der Waals surface area contributed by atoms with Crippen LogP contribution < -0.4 is 11.1 Å². The van der Waals surface area contributed by atoms with E-state index in [4.69, 9.17) is 4.42 Å². The molecule has 17 heavy (non-hydrogen) atoms. The van der Waals surface area contributed by atoms with Crippen LogP contribution in [0.25, 0.3) is 11.1 Å². The second kappa shape index (κ2) is 3.48. The number of aryl methyl sites for hydroxylation is 1. The molecular weight excluding hydrogens is 220 g/mol. The number of hydrogen-bond acceptors (Lipinski definition) is 3. The topological polar surface area (TPSA) is 64.2 Å². The highest BCUT2D eigenvalue weighted by Crippen LogP contribution is 2.26. The lowest BCUT2D eigenvalue weighted by Crippen LogP contribution is -2.18. The van der Waals surface area contributed by atoms with Gasteiger partial charge in [-0.05, 0) is 24.1 Å². The molecular formula is C12H12N2O3. The van der Waals surface area contributed by atoms with Crippen molar-refractivity contribution in [1.29, 1.82) is 0 Å². The zero-order valence-electron chi connectivity index (χ0n) is 9.40. The Kier molecular flexibility index (Phi) is 2.07. The predicted octanol–water partition coefficient (Wildman–Crippen LogP) is 1.08. The Morgan fingerprint density at radius 2 is 2.24 bits per heavy atom. The van der Waals surface area contributed by atoms with E-state index in [-0.39, 0.29) is 17.7 Å². The summed E-state index contributed by atoms with van der Waals surface area (Å²) in [6.07, 6.45) is 1.35. The van der Waals surface area contributed by atoms with E-state index >= 15 is 0 Å². The summed E-state index contributed by atoms with van der Waals surface area (Å²) < 4.78 is 6.59. The molecule has 0 radical (unpaired) electrons. The molecule has 5 heteroatoms. The highest BCUT2D eigenvalue weighted by Gasteiger charge is 2.22. The monoisotopic (exact) mass is 232 g/mol. The molecule has 1 saturated heterocycles. The molecule has 0 aliphatic carbocycles. The van der Waals surface area contributed by atoms with E-state index in [9.17, 15) is 9.59 Å². The van der Waals surface area contributed by atoms with Crippen LogP contribution in [0.1, 0.15) is 24.4 Å². The van der Waals surface area contributed by atoms with Crippen molar-refractivity contribution in [3.63, 3.8) is 0 Å². The fourth-order valence-electron chi connectivity index (χ4n) is 2.23. The normalized spacial score (nSPS) is 19.8. The van der Waals surface area contributed by atoms with Crippen molar-refractivity contribution in [3.05, 3.63) is 34.3 Å². The molecule has 0 spiro atoms. The largest absolute Gasteiger partial charge is 0.419 e. The van der Waals surface area contributed by atoms with Gasteiger partial charge < -0.3 is 9.73 Å². The molecule has 5 nitrogen and oxygen atoms in total. The fraction of sp³-hybridized carbons (Fsp3) is 0.333. The Morgan fingerprint density at radius 1 is 1.41 bits per heavy atom. The van der Waals surface area contributed by atoms with Crippen LogP contribution in [0.2, 0.25) is 0 Å². The van der Waals surface area contributed by atoms with E-state index < -0.39 is 0 Å². The van der Waals surface area contributed by atoms with Gasteiger partial charge in [0.1, 0.15) is 0 Å². The SMILES string of the molecule is Cn1c(=O)oc2cc([C@@H]3CCC(=O)N3)ccc21. The summed E-state index contributed by atoms with van der Waals surface area (Å²) in [5, 5.41) is 2.89. The van der Waals surface area contributed by atoms with E-state index in [1.165, 1.54) is 4.57 Å². The molecule has 1 N–H and O–H groups in total. The van der Waals surface area contributed by atoms with E-state index in [1.54, 1.807) is 7.05 Å². The van der Waals surface area contributed by atoms with Gasteiger partial charge in [-0.25, -0.2) is 4.79 Å². The van der Waals surface area contributed by atoms with Crippen molar-refractivity contribution in [2.24, 2.45) is 7.05 Å². The van der Waals surface area contributed by atoms with Crippen LogP contribution in [0.5, 0.6) is 0 Å². The van der Waals surface area contributed by atoms with Gasteiger partial charge in [0.2, 0.25) is 5.91 Å². The number of nitrogens with one attached hydrogen (secondary N) is 1. The molecule has 2 heterocycles. The summed E-state index contributed by atoms with van der Waals surface area (Å²) in [6.45, 7) is 0. The smallest absolute Gasteiger partial charge is 0.408 e. The lowest BCUT2D eigenvalue weighted by atomic mass is 10.1. The van der Waals surface area contributed by atoms with Gasteiger partial charge in [-0.1, -0.05) is 6.07 Å². The Balaban J connectivity index is 2.08. The highest BCUT2D eigenvalue weighted by molar-refractivity contribution is 5.79. The number of fused-ring (bicyclic) bond motifs is 1. The third-order valence-corrected chi connectivity index (χ3v) is 3.21. The maximum Gasteiger partial charge on any atom is 0.419 e. The molecule has 1 aliphatic rings. The second-order valence-electron chi connectivity index (χ2n) is 4.31. The Labute approximate surface area is 97.0 Å². The minimum Gasteiger partial charge on any atom is -0.408 e. The van der Waals surface area contributed by atoms with Gasteiger partial charge in [0.15, 0.2) is 5.58 Å². The molecule has 0 saturated carbocycles. The number of nitrogens with zero attached hydrogens (tertiary/aromatic N) is 1. The Hall–Kier alpha value is -2.04. The first-order valence-electron chi connectivity index (χ1n) is 5.54. The molecule has 0 unspecified atom stereocenters. The van der Waals surface area contributed by atoms with Crippen LogP contribution in [0.4, 0.5) is 0 Å². The van der Waals surface area contributed by atoms with Crippen LogP contribution in [0.3, 0.4) is 0 Å². The van der Waals surface area contributed by atoms with Gasteiger partial charge in [0.25, 0.3) is 0 Å². The first kappa shape index (κ1) is 10.1. The molecule has 1 aromatic heterocycles.